The number of methoxy groups -OCH3 is 1. The molecular weight excluding hydrogens is 453 g/mol. The van der Waals surface area contributed by atoms with Gasteiger partial charge in [0.2, 0.25) is 0 Å². The highest BCUT2D eigenvalue weighted by molar-refractivity contribution is 5.81. The summed E-state index contributed by atoms with van der Waals surface area (Å²) < 4.78 is 53.4. The number of ether oxygens (including phenoxy) is 3. The molecule has 1 amide bonds. The highest BCUT2D eigenvalue weighted by Crippen LogP contribution is 2.31. The van der Waals surface area contributed by atoms with E-state index in [4.69, 9.17) is 14.2 Å². The number of carbonyl (C=O) groups is 2. The first kappa shape index (κ1) is 25.4. The minimum atomic E-state index is -4.51. The zero-order valence-electron chi connectivity index (χ0n) is 18.8. The summed E-state index contributed by atoms with van der Waals surface area (Å²) in [5.74, 6) is -0.464. The van der Waals surface area contributed by atoms with Gasteiger partial charge in [0, 0.05) is 32.7 Å². The van der Waals surface area contributed by atoms with Gasteiger partial charge in [-0.15, -0.1) is 0 Å². The summed E-state index contributed by atoms with van der Waals surface area (Å²) in [7, 11) is 1.62. The third kappa shape index (κ3) is 7.65. The molecule has 0 bridgehead atoms. The summed E-state index contributed by atoms with van der Waals surface area (Å²) in [4.78, 5) is 28.3. The molecule has 1 aliphatic rings. The van der Waals surface area contributed by atoms with Crippen LogP contribution in [-0.2, 0) is 27.0 Å². The SMILES string of the molecule is COc1ccc(CN2CCCN(C(=O)COC(=O)COc3cccc(C(F)(F)F)c3)CC2)cc1. The molecule has 1 fully saturated rings. The van der Waals surface area contributed by atoms with Crippen molar-refractivity contribution in [3.63, 3.8) is 0 Å². The van der Waals surface area contributed by atoms with Crippen molar-refractivity contribution in [3.05, 3.63) is 59.7 Å². The molecule has 0 aliphatic carbocycles. The standard InChI is InChI=1S/C24H27F3N2O5/c1-32-20-8-6-18(7-9-20)15-28-10-3-11-29(13-12-28)22(30)16-34-23(31)17-33-21-5-2-4-19(14-21)24(25,26)27/h2,4-9,14H,3,10-13,15-17H2,1H3. The number of halogens is 3. The lowest BCUT2D eigenvalue weighted by Crippen LogP contribution is -2.38. The number of hydrogen-bond acceptors (Lipinski definition) is 6. The third-order valence-corrected chi connectivity index (χ3v) is 5.38. The van der Waals surface area contributed by atoms with Gasteiger partial charge in [-0.1, -0.05) is 18.2 Å². The van der Waals surface area contributed by atoms with Gasteiger partial charge in [-0.05, 0) is 42.3 Å². The average Bonchev–Trinajstić information content (AvgIpc) is 3.07. The van der Waals surface area contributed by atoms with Crippen LogP contribution in [0.15, 0.2) is 48.5 Å². The van der Waals surface area contributed by atoms with Crippen LogP contribution in [0.5, 0.6) is 11.5 Å². The number of hydrogen-bond donors (Lipinski definition) is 0. The predicted octanol–water partition coefficient (Wildman–Crippen LogP) is 3.37. The second-order valence-electron chi connectivity index (χ2n) is 7.83. The number of benzene rings is 2. The molecule has 2 aromatic rings. The Bertz CT molecular complexity index is 966. The van der Waals surface area contributed by atoms with Crippen molar-refractivity contribution in [1.29, 1.82) is 0 Å². The Morgan fingerprint density at radius 2 is 1.71 bits per heavy atom. The van der Waals surface area contributed by atoms with Gasteiger partial charge in [0.15, 0.2) is 13.2 Å². The smallest absolute Gasteiger partial charge is 0.416 e. The number of carbonyl (C=O) groups excluding carboxylic acids is 2. The third-order valence-electron chi connectivity index (χ3n) is 5.38. The molecule has 0 radical (unpaired) electrons. The first-order valence-corrected chi connectivity index (χ1v) is 10.8. The number of rotatable bonds is 8. The molecule has 1 heterocycles. The summed E-state index contributed by atoms with van der Waals surface area (Å²) >= 11 is 0. The Morgan fingerprint density at radius 3 is 2.41 bits per heavy atom. The Hall–Kier alpha value is -3.27. The van der Waals surface area contributed by atoms with E-state index in [1.54, 1.807) is 12.0 Å². The Morgan fingerprint density at radius 1 is 0.941 bits per heavy atom. The molecule has 7 nitrogen and oxygen atoms in total. The maximum Gasteiger partial charge on any atom is 0.416 e. The van der Waals surface area contributed by atoms with Crippen molar-refractivity contribution in [2.75, 3.05) is 46.5 Å². The summed E-state index contributed by atoms with van der Waals surface area (Å²) in [5.41, 5.74) is 0.269. The maximum absolute atomic E-state index is 12.7. The van der Waals surface area contributed by atoms with Crippen LogP contribution in [-0.4, -0.2) is 68.2 Å². The summed E-state index contributed by atoms with van der Waals surface area (Å²) in [5, 5.41) is 0. The lowest BCUT2D eigenvalue weighted by atomic mass is 10.2. The van der Waals surface area contributed by atoms with Crippen LogP contribution in [0, 0.1) is 0 Å². The zero-order chi connectivity index (χ0) is 24.6. The van der Waals surface area contributed by atoms with Gasteiger partial charge >= 0.3 is 12.1 Å². The Kier molecular flexibility index (Phi) is 8.75. The van der Waals surface area contributed by atoms with Gasteiger partial charge < -0.3 is 19.1 Å². The zero-order valence-corrected chi connectivity index (χ0v) is 18.8. The molecule has 0 spiro atoms. The van der Waals surface area contributed by atoms with E-state index >= 15 is 0 Å². The quantitative estimate of drug-likeness (QED) is 0.540. The minimum absolute atomic E-state index is 0.109. The second kappa shape index (κ2) is 11.7. The molecule has 0 aromatic heterocycles. The molecule has 0 saturated carbocycles. The average molecular weight is 480 g/mol. The fourth-order valence-electron chi connectivity index (χ4n) is 3.55. The van der Waals surface area contributed by atoms with Crippen molar-refractivity contribution < 1.29 is 37.0 Å². The molecule has 0 atom stereocenters. The van der Waals surface area contributed by atoms with Gasteiger partial charge in [0.05, 0.1) is 12.7 Å². The van der Waals surface area contributed by atoms with Crippen LogP contribution in [0.1, 0.15) is 17.5 Å². The van der Waals surface area contributed by atoms with Gasteiger partial charge in [0.25, 0.3) is 5.91 Å². The van der Waals surface area contributed by atoms with Crippen LogP contribution in [0.3, 0.4) is 0 Å². The summed E-state index contributed by atoms with van der Waals surface area (Å²) in [6, 6.07) is 12.0. The Labute approximate surface area is 196 Å². The van der Waals surface area contributed by atoms with Crippen LogP contribution in [0.25, 0.3) is 0 Å². The van der Waals surface area contributed by atoms with Gasteiger partial charge in [-0.2, -0.15) is 13.2 Å². The summed E-state index contributed by atoms with van der Waals surface area (Å²) in [6.07, 6.45) is -3.72. The van der Waals surface area contributed by atoms with Crippen molar-refractivity contribution in [2.24, 2.45) is 0 Å². The van der Waals surface area contributed by atoms with Crippen LogP contribution in [0.4, 0.5) is 13.2 Å². The molecule has 34 heavy (non-hydrogen) atoms. The summed E-state index contributed by atoms with van der Waals surface area (Å²) in [6.45, 7) is 2.30. The monoisotopic (exact) mass is 480 g/mol. The van der Waals surface area contributed by atoms with Crippen LogP contribution >= 0.6 is 0 Å². The minimum Gasteiger partial charge on any atom is -0.497 e. The molecule has 1 saturated heterocycles. The first-order valence-electron chi connectivity index (χ1n) is 10.8. The second-order valence-corrected chi connectivity index (χ2v) is 7.83. The van der Waals surface area contributed by atoms with E-state index < -0.39 is 30.9 Å². The molecular formula is C24H27F3N2O5. The van der Waals surface area contributed by atoms with Gasteiger partial charge in [-0.3, -0.25) is 9.69 Å². The molecule has 0 unspecified atom stereocenters. The number of nitrogens with zero attached hydrogens (tertiary/aromatic N) is 2. The van der Waals surface area contributed by atoms with Crippen LogP contribution < -0.4 is 9.47 Å². The van der Waals surface area contributed by atoms with Gasteiger partial charge in [0.1, 0.15) is 11.5 Å². The van der Waals surface area contributed by atoms with E-state index in [9.17, 15) is 22.8 Å². The van der Waals surface area contributed by atoms with E-state index in [0.29, 0.717) is 19.6 Å². The number of esters is 1. The van der Waals surface area contributed by atoms with E-state index in [2.05, 4.69) is 4.90 Å². The normalized spacial score (nSPS) is 14.9. The van der Waals surface area contributed by atoms with Crippen molar-refractivity contribution in [2.45, 2.75) is 19.1 Å². The van der Waals surface area contributed by atoms with Gasteiger partial charge in [-0.25, -0.2) is 4.79 Å². The predicted molar refractivity (Wildman–Crippen MR) is 117 cm³/mol. The van der Waals surface area contributed by atoms with Crippen LogP contribution in [0.2, 0.25) is 0 Å². The topological polar surface area (TPSA) is 68.3 Å². The molecule has 0 N–H and O–H groups in total. The lowest BCUT2D eigenvalue weighted by molar-refractivity contribution is -0.153. The number of alkyl halides is 3. The van der Waals surface area contributed by atoms with E-state index in [0.717, 1.165) is 43.0 Å². The van der Waals surface area contributed by atoms with E-state index in [-0.39, 0.29) is 11.7 Å². The fourth-order valence-corrected chi connectivity index (χ4v) is 3.55. The van der Waals surface area contributed by atoms with Crippen molar-refractivity contribution in [3.8, 4) is 11.5 Å². The molecule has 10 heteroatoms. The highest BCUT2D eigenvalue weighted by atomic mass is 19.4. The van der Waals surface area contributed by atoms with E-state index in [1.165, 1.54) is 12.1 Å². The Balaban J connectivity index is 1.40. The van der Waals surface area contributed by atoms with Crippen molar-refractivity contribution in [1.82, 2.24) is 9.80 Å². The van der Waals surface area contributed by atoms with E-state index in [1.807, 2.05) is 24.3 Å². The maximum atomic E-state index is 12.7. The lowest BCUT2D eigenvalue weighted by Gasteiger charge is -2.22. The largest absolute Gasteiger partial charge is 0.497 e. The molecule has 2 aromatic carbocycles. The van der Waals surface area contributed by atoms with Crippen molar-refractivity contribution >= 4 is 11.9 Å². The first-order chi connectivity index (χ1) is 16.2. The number of amides is 1. The fraction of sp³-hybridized carbons (Fsp3) is 0.417. The molecule has 3 rings (SSSR count). The molecule has 184 valence electrons. The highest BCUT2D eigenvalue weighted by Gasteiger charge is 2.30. The molecule has 1 aliphatic heterocycles.